The lowest BCUT2D eigenvalue weighted by Gasteiger charge is -2.05. The van der Waals surface area contributed by atoms with Crippen LogP contribution in [0.2, 0.25) is 0 Å². The third-order valence-corrected chi connectivity index (χ3v) is 1.80. The van der Waals surface area contributed by atoms with E-state index in [0.717, 1.165) is 0 Å². The molecule has 88 valence electrons. The van der Waals surface area contributed by atoms with Gasteiger partial charge in [0.05, 0.1) is 11.9 Å². The van der Waals surface area contributed by atoms with E-state index in [1.807, 2.05) is 0 Å². The van der Waals surface area contributed by atoms with E-state index < -0.39 is 12.0 Å². The van der Waals surface area contributed by atoms with E-state index in [4.69, 9.17) is 11.5 Å². The smallest absolute Gasteiger partial charge is 0.354 e. The number of carbonyl (C=O) groups excluding carboxylic acids is 1. The topological polar surface area (TPSA) is 91.3 Å². The molecule has 0 saturated carbocycles. The van der Waals surface area contributed by atoms with E-state index >= 15 is 0 Å². The Bertz CT molecular complexity index is 448. The van der Waals surface area contributed by atoms with Gasteiger partial charge in [0.15, 0.2) is 0 Å². The molecule has 0 aliphatic carbocycles. The summed E-state index contributed by atoms with van der Waals surface area (Å²) in [6, 6.07) is 2.35. The Kier molecular flexibility index (Phi) is 4.51. The molecule has 3 N–H and O–H groups in total. The molecule has 17 heavy (non-hydrogen) atoms. The van der Waals surface area contributed by atoms with Crippen molar-refractivity contribution in [1.29, 1.82) is 0 Å². The van der Waals surface area contributed by atoms with Gasteiger partial charge in [-0.3, -0.25) is 0 Å². The van der Waals surface area contributed by atoms with Gasteiger partial charge in [-0.1, -0.05) is 0 Å². The molecular formula is C11H11N3O3. The predicted molar refractivity (Wildman–Crippen MR) is 61.7 cm³/mol. The van der Waals surface area contributed by atoms with Gasteiger partial charge in [0.2, 0.25) is 0 Å². The van der Waals surface area contributed by atoms with Crippen LogP contribution in [0.15, 0.2) is 18.3 Å². The van der Waals surface area contributed by atoms with Crippen LogP contribution < -0.4 is 10.6 Å². The lowest BCUT2D eigenvalue weighted by Crippen LogP contribution is -2.29. The molecule has 2 amide bonds. The van der Waals surface area contributed by atoms with Crippen molar-refractivity contribution in [3.63, 3.8) is 0 Å². The van der Waals surface area contributed by atoms with Crippen LogP contribution in [0.4, 0.5) is 10.5 Å². The van der Waals surface area contributed by atoms with Crippen LogP contribution in [0, 0.1) is 12.3 Å². The summed E-state index contributed by atoms with van der Waals surface area (Å²) in [6.07, 6.45) is 6.74. The second-order valence-corrected chi connectivity index (χ2v) is 3.07. The number of rotatable bonds is 4. The molecule has 0 spiro atoms. The number of aromatic nitrogens is 1. The molecular weight excluding hydrogens is 222 g/mol. The van der Waals surface area contributed by atoms with Crippen molar-refractivity contribution in [3.05, 3.63) is 24.0 Å². The molecule has 0 aliphatic heterocycles. The van der Waals surface area contributed by atoms with Crippen LogP contribution in [-0.4, -0.2) is 28.6 Å². The number of hydrogen-bond donors (Lipinski definition) is 3. The van der Waals surface area contributed by atoms with E-state index in [1.165, 1.54) is 18.3 Å². The Balaban J connectivity index is 2.49. The van der Waals surface area contributed by atoms with Crippen LogP contribution in [0.1, 0.15) is 16.9 Å². The fraction of sp³-hybridized carbons (Fsp3) is 0.182. The fourth-order valence-corrected chi connectivity index (χ4v) is 1.02. The summed E-state index contributed by atoms with van der Waals surface area (Å²) in [5, 5.41) is 13.6. The van der Waals surface area contributed by atoms with Crippen LogP contribution >= 0.6 is 0 Å². The molecule has 1 aromatic heterocycles. The highest BCUT2D eigenvalue weighted by atomic mass is 16.4. The first-order valence-corrected chi connectivity index (χ1v) is 4.81. The van der Waals surface area contributed by atoms with Gasteiger partial charge in [-0.15, -0.1) is 12.3 Å². The molecule has 0 saturated heterocycles. The Morgan fingerprint density at radius 1 is 1.47 bits per heavy atom. The maximum Gasteiger partial charge on any atom is 0.354 e. The number of nitrogens with zero attached hydrogens (tertiary/aromatic N) is 1. The third-order valence-electron chi connectivity index (χ3n) is 1.80. The first-order chi connectivity index (χ1) is 8.13. The third kappa shape index (κ3) is 4.22. The number of pyridine rings is 1. The van der Waals surface area contributed by atoms with Crippen molar-refractivity contribution >= 4 is 17.7 Å². The Hall–Kier alpha value is -2.55. The SMILES string of the molecule is C#CCCNC(=O)Nc1ccc(C(=O)O)nc1. The number of terminal acetylenes is 1. The molecule has 6 heteroatoms. The molecule has 0 atom stereocenters. The van der Waals surface area contributed by atoms with Crippen molar-refractivity contribution in [1.82, 2.24) is 10.3 Å². The molecule has 0 aromatic carbocycles. The second kappa shape index (κ2) is 6.12. The Labute approximate surface area is 98.1 Å². The number of urea groups is 1. The molecule has 6 nitrogen and oxygen atoms in total. The van der Waals surface area contributed by atoms with Crippen molar-refractivity contribution in [2.24, 2.45) is 0 Å². The van der Waals surface area contributed by atoms with E-state index in [9.17, 15) is 9.59 Å². The van der Waals surface area contributed by atoms with Crippen molar-refractivity contribution in [3.8, 4) is 12.3 Å². The zero-order valence-electron chi connectivity index (χ0n) is 8.93. The summed E-state index contributed by atoms with van der Waals surface area (Å²) in [5.41, 5.74) is 0.330. The number of hydrogen-bond acceptors (Lipinski definition) is 3. The van der Waals surface area contributed by atoms with Crippen LogP contribution in [0.3, 0.4) is 0 Å². The summed E-state index contributed by atoms with van der Waals surface area (Å²) in [4.78, 5) is 25.5. The standard InChI is InChI=1S/C11H11N3O3/c1-2-3-6-12-11(17)14-8-4-5-9(10(15)16)13-7-8/h1,4-5,7H,3,6H2,(H,15,16)(H2,12,14,17). The van der Waals surface area contributed by atoms with Crippen molar-refractivity contribution in [2.75, 3.05) is 11.9 Å². The largest absolute Gasteiger partial charge is 0.477 e. The van der Waals surface area contributed by atoms with E-state index in [2.05, 4.69) is 21.5 Å². The summed E-state index contributed by atoms with van der Waals surface area (Å²) < 4.78 is 0. The average molecular weight is 233 g/mol. The van der Waals surface area contributed by atoms with Gasteiger partial charge < -0.3 is 15.7 Å². The number of carboxylic acid groups (broad SMARTS) is 1. The number of nitrogens with one attached hydrogen (secondary N) is 2. The van der Waals surface area contributed by atoms with Gasteiger partial charge in [-0.05, 0) is 12.1 Å². The molecule has 1 aromatic rings. The highest BCUT2D eigenvalue weighted by Gasteiger charge is 2.05. The Morgan fingerprint density at radius 3 is 2.76 bits per heavy atom. The normalized spacial score (nSPS) is 9.12. The van der Waals surface area contributed by atoms with Gasteiger partial charge in [-0.2, -0.15) is 0 Å². The highest BCUT2D eigenvalue weighted by Crippen LogP contribution is 2.05. The molecule has 0 radical (unpaired) electrons. The molecule has 0 aliphatic rings. The van der Waals surface area contributed by atoms with Crippen LogP contribution in [0.25, 0.3) is 0 Å². The summed E-state index contributed by atoms with van der Waals surface area (Å²) >= 11 is 0. The molecule has 0 bridgehead atoms. The summed E-state index contributed by atoms with van der Waals surface area (Å²) in [7, 11) is 0. The van der Waals surface area contributed by atoms with Gasteiger partial charge >= 0.3 is 12.0 Å². The van der Waals surface area contributed by atoms with E-state index in [-0.39, 0.29) is 5.69 Å². The van der Waals surface area contributed by atoms with Gasteiger partial charge in [0.25, 0.3) is 0 Å². The van der Waals surface area contributed by atoms with E-state index in [1.54, 1.807) is 0 Å². The summed E-state index contributed by atoms with van der Waals surface area (Å²) in [6.45, 7) is 0.378. The number of aromatic carboxylic acids is 1. The first kappa shape index (κ1) is 12.5. The first-order valence-electron chi connectivity index (χ1n) is 4.81. The van der Waals surface area contributed by atoms with Crippen molar-refractivity contribution in [2.45, 2.75) is 6.42 Å². The minimum atomic E-state index is -1.12. The number of amides is 2. The zero-order chi connectivity index (χ0) is 12.7. The minimum absolute atomic E-state index is 0.0803. The minimum Gasteiger partial charge on any atom is -0.477 e. The predicted octanol–water partition coefficient (Wildman–Crippen LogP) is 0.925. The molecule has 1 heterocycles. The van der Waals surface area contributed by atoms with E-state index in [0.29, 0.717) is 18.7 Å². The van der Waals surface area contributed by atoms with Gasteiger partial charge in [0.1, 0.15) is 5.69 Å². The second-order valence-electron chi connectivity index (χ2n) is 3.07. The lowest BCUT2D eigenvalue weighted by molar-refractivity contribution is 0.0690. The average Bonchev–Trinajstić information content (AvgIpc) is 2.30. The zero-order valence-corrected chi connectivity index (χ0v) is 8.93. The Morgan fingerprint density at radius 2 is 2.24 bits per heavy atom. The van der Waals surface area contributed by atoms with Crippen LogP contribution in [-0.2, 0) is 0 Å². The summed E-state index contributed by atoms with van der Waals surface area (Å²) in [5.74, 6) is 1.27. The quantitative estimate of drug-likeness (QED) is 0.532. The highest BCUT2D eigenvalue weighted by molar-refractivity contribution is 5.90. The lowest BCUT2D eigenvalue weighted by atomic mass is 10.3. The molecule has 0 fully saturated rings. The maximum absolute atomic E-state index is 11.3. The van der Waals surface area contributed by atoms with Gasteiger partial charge in [-0.25, -0.2) is 14.6 Å². The molecule has 1 rings (SSSR count). The number of carboxylic acids is 1. The molecule has 0 unspecified atom stereocenters. The number of carbonyl (C=O) groups is 2. The number of anilines is 1. The fourth-order valence-electron chi connectivity index (χ4n) is 1.02. The van der Waals surface area contributed by atoms with Crippen molar-refractivity contribution < 1.29 is 14.7 Å². The maximum atomic E-state index is 11.3. The van der Waals surface area contributed by atoms with Gasteiger partial charge in [0, 0.05) is 13.0 Å². The monoisotopic (exact) mass is 233 g/mol. The van der Waals surface area contributed by atoms with Crippen LogP contribution in [0.5, 0.6) is 0 Å².